The molecule has 0 spiro atoms. The Morgan fingerprint density at radius 3 is 2.33 bits per heavy atom. The first-order chi connectivity index (χ1) is 11.1. The average Bonchev–Trinajstić information content (AvgIpc) is 2.52. The number of hydrogen-bond donors (Lipinski definition) is 1. The van der Waals surface area contributed by atoms with Crippen molar-refractivity contribution in [2.45, 2.75) is 38.4 Å². The summed E-state index contributed by atoms with van der Waals surface area (Å²) < 4.78 is 37.4. The molecule has 0 aliphatic carbocycles. The molecular formula is C16H21F3N2O3. The molecule has 0 aliphatic heterocycles. The highest BCUT2D eigenvalue weighted by Crippen LogP contribution is 2.17. The van der Waals surface area contributed by atoms with E-state index in [9.17, 15) is 22.8 Å². The molecule has 0 aliphatic rings. The zero-order chi connectivity index (χ0) is 18.3. The zero-order valence-electron chi connectivity index (χ0n) is 13.8. The smallest absolute Gasteiger partial charge is 0.345 e. The second-order valence-electron chi connectivity index (χ2n) is 5.47. The quantitative estimate of drug-likeness (QED) is 0.771. The van der Waals surface area contributed by atoms with Crippen LogP contribution in [0.15, 0.2) is 24.3 Å². The van der Waals surface area contributed by atoms with E-state index in [1.54, 1.807) is 12.1 Å². The molecule has 0 saturated carbocycles. The zero-order valence-corrected chi connectivity index (χ0v) is 13.8. The molecule has 0 heterocycles. The van der Waals surface area contributed by atoms with Gasteiger partial charge in [-0.2, -0.15) is 13.2 Å². The molecule has 0 bridgehead atoms. The van der Waals surface area contributed by atoms with Crippen molar-refractivity contribution in [3.63, 3.8) is 0 Å². The SMILES string of the molecule is CON(C)C(=O)CC[C@@H](Cc1ccc(C)cc1)NC(=O)C(F)(F)F. The van der Waals surface area contributed by atoms with Gasteiger partial charge < -0.3 is 5.32 Å². The minimum Gasteiger partial charge on any atom is -0.345 e. The average molecular weight is 346 g/mol. The van der Waals surface area contributed by atoms with Crippen LogP contribution in [-0.2, 0) is 20.8 Å². The number of rotatable bonds is 7. The summed E-state index contributed by atoms with van der Waals surface area (Å²) in [7, 11) is 2.72. The molecule has 24 heavy (non-hydrogen) atoms. The van der Waals surface area contributed by atoms with Crippen molar-refractivity contribution in [1.82, 2.24) is 10.4 Å². The summed E-state index contributed by atoms with van der Waals surface area (Å²) in [6.45, 7) is 1.89. The maximum atomic E-state index is 12.5. The number of amides is 2. The van der Waals surface area contributed by atoms with Gasteiger partial charge in [-0.1, -0.05) is 29.8 Å². The van der Waals surface area contributed by atoms with Gasteiger partial charge in [-0.3, -0.25) is 14.4 Å². The fourth-order valence-electron chi connectivity index (χ4n) is 2.06. The number of hydroxylamine groups is 2. The number of aryl methyl sites for hydroxylation is 1. The van der Waals surface area contributed by atoms with Crippen molar-refractivity contribution in [1.29, 1.82) is 0 Å². The first-order valence-corrected chi connectivity index (χ1v) is 7.37. The highest BCUT2D eigenvalue weighted by atomic mass is 19.4. The minimum absolute atomic E-state index is 0.0427. The lowest BCUT2D eigenvalue weighted by Gasteiger charge is -2.21. The third-order valence-corrected chi connectivity index (χ3v) is 3.53. The Labute approximate surface area is 138 Å². The molecule has 0 radical (unpaired) electrons. The van der Waals surface area contributed by atoms with Gasteiger partial charge in [0.2, 0.25) is 5.91 Å². The molecule has 2 amide bonds. The number of hydrogen-bond acceptors (Lipinski definition) is 3. The lowest BCUT2D eigenvalue weighted by molar-refractivity contribution is -0.174. The van der Waals surface area contributed by atoms with E-state index in [0.717, 1.165) is 16.2 Å². The van der Waals surface area contributed by atoms with Crippen molar-refractivity contribution in [3.05, 3.63) is 35.4 Å². The molecule has 8 heteroatoms. The van der Waals surface area contributed by atoms with Gasteiger partial charge in [-0.25, -0.2) is 5.06 Å². The summed E-state index contributed by atoms with van der Waals surface area (Å²) in [5.41, 5.74) is 1.80. The summed E-state index contributed by atoms with van der Waals surface area (Å²) in [5, 5.41) is 2.95. The van der Waals surface area contributed by atoms with E-state index in [4.69, 9.17) is 4.84 Å². The van der Waals surface area contributed by atoms with E-state index in [1.165, 1.54) is 14.2 Å². The molecule has 0 saturated heterocycles. The van der Waals surface area contributed by atoms with E-state index in [2.05, 4.69) is 0 Å². The first kappa shape index (κ1) is 20.0. The first-order valence-electron chi connectivity index (χ1n) is 7.37. The van der Waals surface area contributed by atoms with Gasteiger partial charge in [0, 0.05) is 19.5 Å². The molecular weight excluding hydrogens is 325 g/mol. The topological polar surface area (TPSA) is 58.6 Å². The minimum atomic E-state index is -4.96. The van der Waals surface area contributed by atoms with Gasteiger partial charge in [0.25, 0.3) is 0 Å². The predicted octanol–water partition coefficient (Wildman–Crippen LogP) is 2.38. The Kier molecular flexibility index (Phi) is 7.21. The Balaban J connectivity index is 2.76. The molecule has 0 unspecified atom stereocenters. The van der Waals surface area contributed by atoms with Crippen molar-refractivity contribution in [2.24, 2.45) is 0 Å². The van der Waals surface area contributed by atoms with Crippen LogP contribution in [0.2, 0.25) is 0 Å². The molecule has 1 aromatic rings. The second kappa shape index (κ2) is 8.68. The Bertz CT molecular complexity index is 559. The van der Waals surface area contributed by atoms with Crippen LogP contribution in [0.1, 0.15) is 24.0 Å². The van der Waals surface area contributed by atoms with E-state index in [-0.39, 0.29) is 25.2 Å². The van der Waals surface area contributed by atoms with Crippen molar-refractivity contribution < 1.29 is 27.6 Å². The van der Waals surface area contributed by atoms with Crippen molar-refractivity contribution >= 4 is 11.8 Å². The number of carbonyl (C=O) groups excluding carboxylic acids is 2. The monoisotopic (exact) mass is 346 g/mol. The molecule has 5 nitrogen and oxygen atoms in total. The Morgan fingerprint density at radius 2 is 1.83 bits per heavy atom. The molecule has 1 N–H and O–H groups in total. The van der Waals surface area contributed by atoms with E-state index < -0.39 is 18.1 Å². The summed E-state index contributed by atoms with van der Waals surface area (Å²) in [4.78, 5) is 27.6. The van der Waals surface area contributed by atoms with Crippen LogP contribution in [0.3, 0.4) is 0 Å². The molecule has 1 rings (SSSR count). The van der Waals surface area contributed by atoms with E-state index >= 15 is 0 Å². The fourth-order valence-corrected chi connectivity index (χ4v) is 2.06. The fraction of sp³-hybridized carbons (Fsp3) is 0.500. The molecule has 0 fully saturated rings. The third kappa shape index (κ3) is 6.57. The van der Waals surface area contributed by atoms with Crippen molar-refractivity contribution in [2.75, 3.05) is 14.2 Å². The van der Waals surface area contributed by atoms with Crippen LogP contribution in [0.25, 0.3) is 0 Å². The van der Waals surface area contributed by atoms with Gasteiger partial charge in [0.1, 0.15) is 0 Å². The highest BCUT2D eigenvalue weighted by Gasteiger charge is 2.39. The molecule has 1 aromatic carbocycles. The van der Waals surface area contributed by atoms with Gasteiger partial charge >= 0.3 is 12.1 Å². The van der Waals surface area contributed by atoms with Crippen molar-refractivity contribution in [3.8, 4) is 0 Å². The van der Waals surface area contributed by atoms with Crippen LogP contribution < -0.4 is 5.32 Å². The Morgan fingerprint density at radius 1 is 1.25 bits per heavy atom. The number of benzene rings is 1. The summed E-state index contributed by atoms with van der Waals surface area (Å²) >= 11 is 0. The predicted molar refractivity (Wildman–Crippen MR) is 81.9 cm³/mol. The second-order valence-corrected chi connectivity index (χ2v) is 5.47. The van der Waals surface area contributed by atoms with Gasteiger partial charge in [-0.15, -0.1) is 0 Å². The summed E-state index contributed by atoms with van der Waals surface area (Å²) in [6, 6.07) is 6.43. The Hall–Kier alpha value is -2.09. The highest BCUT2D eigenvalue weighted by molar-refractivity contribution is 5.82. The van der Waals surface area contributed by atoms with E-state index in [0.29, 0.717) is 0 Å². The van der Waals surface area contributed by atoms with Gasteiger partial charge in [0.15, 0.2) is 0 Å². The number of carbonyl (C=O) groups is 2. The summed E-state index contributed by atoms with van der Waals surface area (Å²) in [6.07, 6.45) is -4.73. The van der Waals surface area contributed by atoms with E-state index in [1.807, 2.05) is 24.4 Å². The lowest BCUT2D eigenvalue weighted by atomic mass is 10.0. The summed E-state index contributed by atoms with van der Waals surface area (Å²) in [5.74, 6) is -2.39. The standard InChI is InChI=1S/C16H21F3N2O3/c1-11-4-6-12(7-5-11)10-13(20-15(23)16(17,18)19)8-9-14(22)21(2)24-3/h4-7,13H,8-10H2,1-3H3,(H,20,23)/t13-/m0/s1. The van der Waals surface area contributed by atoms with Crippen LogP contribution in [0.5, 0.6) is 0 Å². The van der Waals surface area contributed by atoms with Crippen LogP contribution in [-0.4, -0.2) is 43.3 Å². The van der Waals surface area contributed by atoms with Crippen LogP contribution in [0, 0.1) is 6.92 Å². The number of alkyl halides is 3. The molecule has 1 atom stereocenters. The lowest BCUT2D eigenvalue weighted by Crippen LogP contribution is -2.44. The number of halogens is 3. The van der Waals surface area contributed by atoms with Crippen LogP contribution >= 0.6 is 0 Å². The molecule has 0 aromatic heterocycles. The van der Waals surface area contributed by atoms with Gasteiger partial charge in [-0.05, 0) is 25.3 Å². The normalized spacial score (nSPS) is 12.6. The maximum Gasteiger partial charge on any atom is 0.471 e. The number of nitrogens with zero attached hydrogens (tertiary/aromatic N) is 1. The maximum absolute atomic E-state index is 12.5. The number of nitrogens with one attached hydrogen (secondary N) is 1. The van der Waals surface area contributed by atoms with Crippen LogP contribution in [0.4, 0.5) is 13.2 Å². The van der Waals surface area contributed by atoms with Gasteiger partial charge in [0.05, 0.1) is 7.11 Å². The largest absolute Gasteiger partial charge is 0.471 e. The molecule has 134 valence electrons. The third-order valence-electron chi connectivity index (χ3n) is 3.53.